The number of carbonyl (C=O) groups excluding carboxylic acids is 1. The van der Waals surface area contributed by atoms with Crippen molar-refractivity contribution in [3.63, 3.8) is 0 Å². The molecule has 1 fully saturated rings. The van der Waals surface area contributed by atoms with E-state index in [9.17, 15) is 13.2 Å². The Kier molecular flexibility index (Phi) is 7.46. The molecule has 27 heavy (non-hydrogen) atoms. The van der Waals surface area contributed by atoms with Crippen LogP contribution in [0.1, 0.15) is 20.8 Å². The predicted molar refractivity (Wildman–Crippen MR) is 102 cm³/mol. The molecule has 1 saturated heterocycles. The van der Waals surface area contributed by atoms with E-state index in [0.717, 1.165) is 0 Å². The summed E-state index contributed by atoms with van der Waals surface area (Å²) in [6, 6.07) is 4.64. The lowest BCUT2D eigenvalue weighted by Crippen LogP contribution is -2.52. The van der Waals surface area contributed by atoms with E-state index in [0.29, 0.717) is 37.8 Å². The fourth-order valence-corrected chi connectivity index (χ4v) is 4.34. The Balaban J connectivity index is 2.15. The number of sulfonamides is 1. The van der Waals surface area contributed by atoms with Crippen molar-refractivity contribution in [2.75, 3.05) is 45.9 Å². The first-order valence-electron chi connectivity index (χ1n) is 9.23. The van der Waals surface area contributed by atoms with Gasteiger partial charge in [0, 0.05) is 44.7 Å². The first-order chi connectivity index (χ1) is 12.8. The number of hydrogen-bond donors (Lipinski definition) is 1. The molecule has 152 valence electrons. The monoisotopic (exact) mass is 399 g/mol. The molecule has 9 heteroatoms. The Bertz CT molecular complexity index is 745. The minimum Gasteiger partial charge on any atom is -0.490 e. The highest BCUT2D eigenvalue weighted by Gasteiger charge is 2.31. The number of nitrogens with zero attached hydrogens (tertiary/aromatic N) is 2. The number of piperazine rings is 1. The summed E-state index contributed by atoms with van der Waals surface area (Å²) < 4.78 is 38.4. The molecule has 0 aliphatic carbocycles. The number of ether oxygens (including phenoxy) is 2. The third-order valence-corrected chi connectivity index (χ3v) is 6.37. The fraction of sp³-hybridized carbons (Fsp3) is 0.611. The van der Waals surface area contributed by atoms with E-state index in [1.165, 1.54) is 16.4 Å². The van der Waals surface area contributed by atoms with Crippen LogP contribution in [0.15, 0.2) is 23.1 Å². The SMILES string of the molecule is CCOc1ccc(S(=O)(=O)N2CCN(C(=O)C(C)CN)CC2)cc1OCC. The molecule has 1 aromatic carbocycles. The lowest BCUT2D eigenvalue weighted by atomic mass is 10.1. The molecule has 1 aliphatic heterocycles. The van der Waals surface area contributed by atoms with Gasteiger partial charge in [-0.05, 0) is 26.0 Å². The molecule has 0 aromatic heterocycles. The largest absolute Gasteiger partial charge is 0.490 e. The van der Waals surface area contributed by atoms with Crippen molar-refractivity contribution in [3.05, 3.63) is 18.2 Å². The van der Waals surface area contributed by atoms with Gasteiger partial charge in [-0.2, -0.15) is 4.31 Å². The highest BCUT2D eigenvalue weighted by molar-refractivity contribution is 7.89. The summed E-state index contributed by atoms with van der Waals surface area (Å²) in [5.74, 6) is 0.637. The average Bonchev–Trinajstić information content (AvgIpc) is 2.68. The van der Waals surface area contributed by atoms with E-state index in [1.807, 2.05) is 13.8 Å². The molecule has 0 bridgehead atoms. The molecule has 0 saturated carbocycles. The molecule has 1 heterocycles. The van der Waals surface area contributed by atoms with Crippen LogP contribution in [-0.4, -0.2) is 69.5 Å². The Morgan fingerprint density at radius 1 is 1.11 bits per heavy atom. The predicted octanol–water partition coefficient (Wildman–Crippen LogP) is 0.912. The Morgan fingerprint density at radius 2 is 1.70 bits per heavy atom. The molecule has 1 amide bonds. The van der Waals surface area contributed by atoms with E-state index in [1.54, 1.807) is 17.9 Å². The summed E-state index contributed by atoms with van der Waals surface area (Å²) in [7, 11) is -3.67. The molecular formula is C18H29N3O5S. The zero-order valence-corrected chi connectivity index (χ0v) is 17.0. The van der Waals surface area contributed by atoms with Crippen molar-refractivity contribution >= 4 is 15.9 Å². The number of rotatable bonds is 8. The standard InChI is InChI=1S/C18H29N3O5S/c1-4-25-16-7-6-15(12-17(16)26-5-2)27(23,24)21-10-8-20(9-11-21)18(22)14(3)13-19/h6-7,12,14H,4-5,8-11,13,19H2,1-3H3. The van der Waals surface area contributed by atoms with Gasteiger partial charge >= 0.3 is 0 Å². The van der Waals surface area contributed by atoms with Crippen molar-refractivity contribution in [1.82, 2.24) is 9.21 Å². The second-order valence-electron chi connectivity index (χ2n) is 6.34. The van der Waals surface area contributed by atoms with Gasteiger partial charge in [0.1, 0.15) is 0 Å². The lowest BCUT2D eigenvalue weighted by molar-refractivity contribution is -0.135. The molecule has 2 rings (SSSR count). The maximum atomic E-state index is 13.0. The minimum absolute atomic E-state index is 0.0331. The topological polar surface area (TPSA) is 102 Å². The highest BCUT2D eigenvalue weighted by Crippen LogP contribution is 2.31. The maximum Gasteiger partial charge on any atom is 0.243 e. The summed E-state index contributed by atoms with van der Waals surface area (Å²) in [5, 5.41) is 0. The Labute approximate surface area is 161 Å². The van der Waals surface area contributed by atoms with Crippen LogP contribution in [0.2, 0.25) is 0 Å². The first-order valence-corrected chi connectivity index (χ1v) is 10.7. The molecule has 1 unspecified atom stereocenters. The van der Waals surface area contributed by atoms with Gasteiger partial charge in [-0.1, -0.05) is 6.92 Å². The van der Waals surface area contributed by atoms with Crippen molar-refractivity contribution in [2.24, 2.45) is 11.7 Å². The molecule has 8 nitrogen and oxygen atoms in total. The maximum absolute atomic E-state index is 13.0. The summed E-state index contributed by atoms with van der Waals surface area (Å²) in [5.41, 5.74) is 5.55. The van der Waals surface area contributed by atoms with Crippen LogP contribution in [0.4, 0.5) is 0 Å². The molecule has 0 radical (unpaired) electrons. The number of benzene rings is 1. The fourth-order valence-electron chi connectivity index (χ4n) is 2.90. The smallest absolute Gasteiger partial charge is 0.243 e. The van der Waals surface area contributed by atoms with Crippen LogP contribution < -0.4 is 15.2 Å². The molecule has 2 N–H and O–H groups in total. The molecule has 1 aliphatic rings. The van der Waals surface area contributed by atoms with Crippen molar-refractivity contribution < 1.29 is 22.7 Å². The Hall–Kier alpha value is -1.84. The van der Waals surface area contributed by atoms with E-state index >= 15 is 0 Å². The summed E-state index contributed by atoms with van der Waals surface area (Å²) in [6.45, 7) is 7.83. The van der Waals surface area contributed by atoms with E-state index < -0.39 is 10.0 Å². The quantitative estimate of drug-likeness (QED) is 0.697. The van der Waals surface area contributed by atoms with Gasteiger partial charge in [-0.15, -0.1) is 0 Å². The van der Waals surface area contributed by atoms with Crippen LogP contribution in [0.25, 0.3) is 0 Å². The molecule has 1 atom stereocenters. The second-order valence-corrected chi connectivity index (χ2v) is 8.28. The van der Waals surface area contributed by atoms with Gasteiger partial charge in [-0.25, -0.2) is 8.42 Å². The van der Waals surface area contributed by atoms with Crippen LogP contribution in [0.5, 0.6) is 11.5 Å². The van der Waals surface area contributed by atoms with Crippen molar-refractivity contribution in [2.45, 2.75) is 25.7 Å². The minimum atomic E-state index is -3.67. The van der Waals surface area contributed by atoms with E-state index in [-0.39, 0.29) is 36.4 Å². The second kappa shape index (κ2) is 9.38. The van der Waals surface area contributed by atoms with Gasteiger partial charge in [0.15, 0.2) is 11.5 Å². The zero-order valence-electron chi connectivity index (χ0n) is 16.2. The van der Waals surface area contributed by atoms with E-state index in [2.05, 4.69) is 0 Å². The summed E-state index contributed by atoms with van der Waals surface area (Å²) in [4.78, 5) is 14.0. The van der Waals surface area contributed by atoms with Crippen LogP contribution >= 0.6 is 0 Å². The lowest BCUT2D eigenvalue weighted by Gasteiger charge is -2.35. The number of amides is 1. The average molecular weight is 400 g/mol. The van der Waals surface area contributed by atoms with Gasteiger partial charge in [0.05, 0.1) is 18.1 Å². The van der Waals surface area contributed by atoms with Crippen LogP contribution in [0, 0.1) is 5.92 Å². The van der Waals surface area contributed by atoms with Crippen molar-refractivity contribution in [3.8, 4) is 11.5 Å². The number of carbonyl (C=O) groups is 1. The van der Waals surface area contributed by atoms with Crippen molar-refractivity contribution in [1.29, 1.82) is 0 Å². The molecular weight excluding hydrogens is 370 g/mol. The van der Waals surface area contributed by atoms with Gasteiger partial charge in [0.25, 0.3) is 0 Å². The Morgan fingerprint density at radius 3 is 2.26 bits per heavy atom. The van der Waals surface area contributed by atoms with Gasteiger partial charge in [0.2, 0.25) is 15.9 Å². The number of nitrogens with two attached hydrogens (primary N) is 1. The van der Waals surface area contributed by atoms with Gasteiger partial charge < -0.3 is 20.1 Å². The third-order valence-electron chi connectivity index (χ3n) is 4.48. The van der Waals surface area contributed by atoms with E-state index in [4.69, 9.17) is 15.2 Å². The van der Waals surface area contributed by atoms with Gasteiger partial charge in [-0.3, -0.25) is 4.79 Å². The van der Waals surface area contributed by atoms with Crippen LogP contribution in [-0.2, 0) is 14.8 Å². The normalized spacial score (nSPS) is 16.8. The summed E-state index contributed by atoms with van der Waals surface area (Å²) >= 11 is 0. The zero-order chi connectivity index (χ0) is 20.0. The summed E-state index contributed by atoms with van der Waals surface area (Å²) in [6.07, 6.45) is 0. The first kappa shape index (κ1) is 21.5. The molecule has 1 aromatic rings. The third kappa shape index (κ3) is 4.91. The number of hydrogen-bond acceptors (Lipinski definition) is 6. The molecule has 0 spiro atoms. The van der Waals surface area contributed by atoms with Crippen LogP contribution in [0.3, 0.4) is 0 Å². The highest BCUT2D eigenvalue weighted by atomic mass is 32.2.